The third kappa shape index (κ3) is 3.69. The summed E-state index contributed by atoms with van der Waals surface area (Å²) in [6.07, 6.45) is 1.50. The van der Waals surface area contributed by atoms with Crippen molar-refractivity contribution in [3.05, 3.63) is 75.8 Å². The zero-order chi connectivity index (χ0) is 21.4. The Labute approximate surface area is 178 Å². The molecule has 0 aliphatic heterocycles. The molecule has 0 atom stereocenters. The average Bonchev–Trinajstić information content (AvgIpc) is 3.54. The molecule has 0 fully saturated rings. The van der Waals surface area contributed by atoms with Crippen molar-refractivity contribution in [2.75, 3.05) is 5.32 Å². The molecule has 0 aliphatic rings. The van der Waals surface area contributed by atoms with Gasteiger partial charge in [-0.3, -0.25) is 14.6 Å². The van der Waals surface area contributed by atoms with Crippen LogP contribution < -0.4 is 10.9 Å². The molecule has 0 radical (unpaired) electrons. The van der Waals surface area contributed by atoms with Gasteiger partial charge in [0, 0.05) is 23.9 Å². The van der Waals surface area contributed by atoms with Crippen molar-refractivity contribution in [3.63, 3.8) is 0 Å². The minimum Gasteiger partial charge on any atom is -0.461 e. The minimum absolute atomic E-state index is 0.0579. The number of hydrogen-bond donors (Lipinski definition) is 2. The van der Waals surface area contributed by atoms with Crippen molar-refractivity contribution in [3.8, 4) is 28.0 Å². The molecule has 0 aromatic carbocycles. The molecular formula is C20H14N6O4S. The maximum absolute atomic E-state index is 12.8. The van der Waals surface area contributed by atoms with Gasteiger partial charge in [-0.1, -0.05) is 11.2 Å². The van der Waals surface area contributed by atoms with Crippen molar-refractivity contribution in [1.82, 2.24) is 24.9 Å². The highest BCUT2D eigenvalue weighted by Crippen LogP contribution is 2.28. The molecule has 10 nitrogen and oxygen atoms in total. The first-order chi connectivity index (χ1) is 15.1. The number of hydrogen-bond acceptors (Lipinski definition) is 8. The summed E-state index contributed by atoms with van der Waals surface area (Å²) in [5.74, 6) is 0.755. The fourth-order valence-electron chi connectivity index (χ4n) is 2.94. The summed E-state index contributed by atoms with van der Waals surface area (Å²) < 4.78 is 11.8. The standard InChI is InChI=1S/C20H14N6O4S/c1-11-8-18(27)23-20(21-11)26-17(10-12(24-26)16-5-3-7-31-16)22-19(28)13-9-15(30-25-13)14-4-2-6-29-14/h2-10H,1H3,(H,22,28)(H,21,23,27). The number of nitrogens with zero attached hydrogens (tertiary/aromatic N) is 4. The Bertz CT molecular complexity index is 1410. The molecule has 0 aliphatic carbocycles. The van der Waals surface area contributed by atoms with Gasteiger partial charge >= 0.3 is 0 Å². The van der Waals surface area contributed by atoms with Crippen LogP contribution in [0.3, 0.4) is 0 Å². The molecule has 154 valence electrons. The second-order valence-electron chi connectivity index (χ2n) is 6.52. The molecule has 2 N–H and O–H groups in total. The van der Waals surface area contributed by atoms with Gasteiger partial charge in [0.2, 0.25) is 11.7 Å². The number of aromatic amines is 1. The quantitative estimate of drug-likeness (QED) is 0.433. The monoisotopic (exact) mass is 434 g/mol. The lowest BCUT2D eigenvalue weighted by atomic mass is 10.3. The predicted octanol–water partition coefficient (Wildman–Crippen LogP) is 3.49. The average molecular weight is 434 g/mol. The largest absolute Gasteiger partial charge is 0.461 e. The van der Waals surface area contributed by atoms with Gasteiger partial charge in [-0.15, -0.1) is 11.3 Å². The van der Waals surface area contributed by atoms with E-state index in [1.165, 1.54) is 34.4 Å². The lowest BCUT2D eigenvalue weighted by molar-refractivity contribution is 0.101. The molecule has 0 unspecified atom stereocenters. The molecule has 0 saturated heterocycles. The number of nitrogens with one attached hydrogen (secondary N) is 2. The minimum atomic E-state index is -0.518. The molecule has 0 saturated carbocycles. The van der Waals surface area contributed by atoms with Crippen molar-refractivity contribution >= 4 is 23.1 Å². The van der Waals surface area contributed by atoms with Gasteiger partial charge < -0.3 is 14.3 Å². The summed E-state index contributed by atoms with van der Waals surface area (Å²) in [5, 5.41) is 13.0. The lowest BCUT2D eigenvalue weighted by Gasteiger charge is -2.07. The number of aryl methyl sites for hydroxylation is 1. The molecule has 5 rings (SSSR count). The first-order valence-corrected chi connectivity index (χ1v) is 9.99. The van der Waals surface area contributed by atoms with E-state index >= 15 is 0 Å². The van der Waals surface area contributed by atoms with E-state index in [1.807, 2.05) is 17.5 Å². The Morgan fingerprint density at radius 2 is 2.10 bits per heavy atom. The van der Waals surface area contributed by atoms with Crippen molar-refractivity contribution in [2.45, 2.75) is 6.92 Å². The van der Waals surface area contributed by atoms with Gasteiger partial charge in [0.05, 0.1) is 11.1 Å². The second-order valence-corrected chi connectivity index (χ2v) is 7.47. The molecule has 31 heavy (non-hydrogen) atoms. The summed E-state index contributed by atoms with van der Waals surface area (Å²) in [5.41, 5.74) is 0.865. The molecule has 5 aromatic rings. The fourth-order valence-corrected chi connectivity index (χ4v) is 3.62. The molecule has 0 bridgehead atoms. The van der Waals surface area contributed by atoms with Crippen LogP contribution in [0.1, 0.15) is 16.2 Å². The van der Waals surface area contributed by atoms with Crippen molar-refractivity contribution in [1.29, 1.82) is 0 Å². The van der Waals surface area contributed by atoms with Gasteiger partial charge in [0.15, 0.2) is 11.5 Å². The van der Waals surface area contributed by atoms with Gasteiger partial charge in [0.25, 0.3) is 11.5 Å². The smallest absolute Gasteiger partial charge is 0.279 e. The van der Waals surface area contributed by atoms with Crippen LogP contribution in [-0.4, -0.2) is 30.8 Å². The van der Waals surface area contributed by atoms with Gasteiger partial charge in [-0.2, -0.15) is 9.78 Å². The summed E-state index contributed by atoms with van der Waals surface area (Å²) in [7, 11) is 0. The predicted molar refractivity (Wildman–Crippen MR) is 112 cm³/mol. The zero-order valence-electron chi connectivity index (χ0n) is 16.0. The lowest BCUT2D eigenvalue weighted by Crippen LogP contribution is -2.19. The number of thiophene rings is 1. The third-order valence-electron chi connectivity index (χ3n) is 4.29. The van der Waals surface area contributed by atoms with E-state index < -0.39 is 5.91 Å². The molecule has 11 heteroatoms. The highest BCUT2D eigenvalue weighted by atomic mass is 32.1. The highest BCUT2D eigenvalue weighted by Gasteiger charge is 2.20. The maximum atomic E-state index is 12.8. The maximum Gasteiger partial charge on any atom is 0.279 e. The van der Waals surface area contributed by atoms with E-state index in [-0.39, 0.29) is 17.2 Å². The number of aromatic nitrogens is 5. The number of rotatable bonds is 5. The molecule has 0 spiro atoms. The Kier molecular flexibility index (Phi) is 4.56. The van der Waals surface area contributed by atoms with E-state index in [1.54, 1.807) is 25.1 Å². The van der Waals surface area contributed by atoms with Gasteiger partial charge in [-0.25, -0.2) is 4.98 Å². The van der Waals surface area contributed by atoms with Gasteiger partial charge in [-0.05, 0) is 30.5 Å². The van der Waals surface area contributed by atoms with Crippen molar-refractivity contribution in [2.24, 2.45) is 0 Å². The van der Waals surface area contributed by atoms with Crippen LogP contribution in [0.2, 0.25) is 0 Å². The highest BCUT2D eigenvalue weighted by molar-refractivity contribution is 7.13. The number of anilines is 1. The van der Waals surface area contributed by atoms with Crippen LogP contribution in [0.25, 0.3) is 28.0 Å². The van der Waals surface area contributed by atoms with Crippen LogP contribution in [0.4, 0.5) is 5.82 Å². The zero-order valence-corrected chi connectivity index (χ0v) is 16.8. The van der Waals surface area contributed by atoms with Crippen LogP contribution >= 0.6 is 11.3 Å². The summed E-state index contributed by atoms with van der Waals surface area (Å²) >= 11 is 1.50. The Morgan fingerprint density at radius 3 is 2.84 bits per heavy atom. The topological polar surface area (TPSA) is 132 Å². The van der Waals surface area contributed by atoms with E-state index in [9.17, 15) is 9.59 Å². The van der Waals surface area contributed by atoms with E-state index in [0.29, 0.717) is 28.7 Å². The summed E-state index contributed by atoms with van der Waals surface area (Å²) in [4.78, 5) is 32.6. The molecular weight excluding hydrogens is 420 g/mol. The first kappa shape index (κ1) is 18.8. The Hall–Kier alpha value is -4.25. The summed E-state index contributed by atoms with van der Waals surface area (Å²) in [6, 6.07) is 11.7. The number of carbonyl (C=O) groups excluding carboxylic acids is 1. The number of furan rings is 1. The van der Waals surface area contributed by atoms with E-state index in [2.05, 4.69) is 25.5 Å². The van der Waals surface area contributed by atoms with Crippen molar-refractivity contribution < 1.29 is 13.7 Å². The van der Waals surface area contributed by atoms with Crippen LogP contribution in [0.5, 0.6) is 0 Å². The Morgan fingerprint density at radius 1 is 1.19 bits per heavy atom. The Balaban J connectivity index is 1.52. The SMILES string of the molecule is Cc1cc(=O)[nH]c(-n2nc(-c3cccs3)cc2NC(=O)c2cc(-c3ccco3)on2)n1. The van der Waals surface area contributed by atoms with E-state index in [4.69, 9.17) is 8.94 Å². The summed E-state index contributed by atoms with van der Waals surface area (Å²) in [6.45, 7) is 1.70. The number of H-pyrrole nitrogens is 1. The second kappa shape index (κ2) is 7.54. The van der Waals surface area contributed by atoms with Gasteiger partial charge in [0.1, 0.15) is 11.5 Å². The third-order valence-corrected chi connectivity index (χ3v) is 5.18. The van der Waals surface area contributed by atoms with Crippen LogP contribution in [0.15, 0.2) is 67.8 Å². The van der Waals surface area contributed by atoms with Crippen LogP contribution in [-0.2, 0) is 0 Å². The first-order valence-electron chi connectivity index (χ1n) is 9.11. The molecule has 5 aromatic heterocycles. The van der Waals surface area contributed by atoms with E-state index in [0.717, 1.165) is 4.88 Å². The molecule has 5 heterocycles. The fraction of sp³-hybridized carbons (Fsp3) is 0.0500. The normalized spacial score (nSPS) is 11.0. The van der Waals surface area contributed by atoms with Crippen LogP contribution in [0, 0.1) is 6.92 Å². The number of carbonyl (C=O) groups is 1. The number of amides is 1. The molecule has 1 amide bonds.